The molecule has 0 fully saturated rings. The van der Waals surface area contributed by atoms with E-state index in [9.17, 15) is 13.2 Å². The molecule has 3 rings (SSSR count). The Bertz CT molecular complexity index is 956. The summed E-state index contributed by atoms with van der Waals surface area (Å²) in [6.07, 6.45) is -5.51. The molecule has 0 amide bonds. The Labute approximate surface area is 167 Å². The van der Waals surface area contributed by atoms with Gasteiger partial charge in [-0.05, 0) is 20.8 Å². The van der Waals surface area contributed by atoms with E-state index in [0.29, 0.717) is 36.3 Å². The number of amidine groups is 1. The molecule has 6 nitrogen and oxygen atoms in total. The summed E-state index contributed by atoms with van der Waals surface area (Å²) < 4.78 is 39.4. The van der Waals surface area contributed by atoms with Gasteiger partial charge in [-0.15, -0.1) is 10.2 Å². The van der Waals surface area contributed by atoms with E-state index in [0.717, 1.165) is 11.1 Å². The zero-order valence-electron chi connectivity index (χ0n) is 16.6. The lowest BCUT2D eigenvalue weighted by Crippen LogP contribution is -2.41. The van der Waals surface area contributed by atoms with Crippen LogP contribution in [0.2, 0.25) is 0 Å². The van der Waals surface area contributed by atoms with Gasteiger partial charge in [0.1, 0.15) is 5.84 Å². The summed E-state index contributed by atoms with van der Waals surface area (Å²) in [5, 5.41) is 16.9. The number of aliphatic imine (C=N–C) groups is 1. The van der Waals surface area contributed by atoms with E-state index >= 15 is 0 Å². The molecule has 1 aliphatic heterocycles. The number of fused-ring (bicyclic) bond motifs is 1. The Balaban J connectivity index is 1.81. The summed E-state index contributed by atoms with van der Waals surface area (Å²) >= 11 is 0. The summed E-state index contributed by atoms with van der Waals surface area (Å²) in [6.45, 7) is 9.99. The fourth-order valence-electron chi connectivity index (χ4n) is 3.39. The van der Waals surface area contributed by atoms with Crippen LogP contribution in [0.15, 0.2) is 41.5 Å². The predicted octanol–water partition coefficient (Wildman–Crippen LogP) is 4.26. The van der Waals surface area contributed by atoms with Crippen LogP contribution in [0, 0.1) is 12.3 Å². The molecule has 0 aliphatic carbocycles. The third kappa shape index (κ3) is 4.55. The number of aromatic nitrogens is 3. The highest BCUT2D eigenvalue weighted by molar-refractivity contribution is 5.97. The van der Waals surface area contributed by atoms with Crippen molar-refractivity contribution < 1.29 is 13.2 Å². The van der Waals surface area contributed by atoms with Gasteiger partial charge < -0.3 is 9.47 Å². The van der Waals surface area contributed by atoms with Gasteiger partial charge in [-0.25, -0.2) is 0 Å². The first kappa shape index (κ1) is 20.8. The number of hydrogen-bond acceptors (Lipinski definition) is 4. The van der Waals surface area contributed by atoms with E-state index in [4.69, 9.17) is 5.41 Å². The number of alkyl halides is 3. The molecule has 1 aromatic carbocycles. The minimum atomic E-state index is -4.35. The highest BCUT2D eigenvalue weighted by Gasteiger charge is 2.31. The number of allylic oxidation sites excluding steroid dienone is 1. The SMILES string of the molecule is C=C(CC(F)(F)F)/N=C(\C)c1nnc2n1CCN(C(=N)c1ccc(C)cc1)[C@@H]2C. The number of nitrogens with one attached hydrogen (secondary N) is 1. The molecular formula is C20H23F3N6. The van der Waals surface area contributed by atoms with Crippen molar-refractivity contribution in [3.05, 3.63) is 59.3 Å². The first-order valence-electron chi connectivity index (χ1n) is 9.22. The van der Waals surface area contributed by atoms with Crippen molar-refractivity contribution in [2.45, 2.75) is 46.0 Å². The molecule has 0 saturated heterocycles. The molecule has 1 aliphatic rings. The first-order chi connectivity index (χ1) is 13.6. The van der Waals surface area contributed by atoms with E-state index in [1.54, 1.807) is 6.92 Å². The summed E-state index contributed by atoms with van der Waals surface area (Å²) in [4.78, 5) is 5.91. The van der Waals surface area contributed by atoms with Crippen LogP contribution >= 0.6 is 0 Å². The third-order valence-corrected chi connectivity index (χ3v) is 4.85. The number of rotatable bonds is 4. The minimum absolute atomic E-state index is 0.204. The van der Waals surface area contributed by atoms with Gasteiger partial charge in [0.05, 0.1) is 18.2 Å². The van der Waals surface area contributed by atoms with Crippen molar-refractivity contribution in [1.29, 1.82) is 5.41 Å². The second kappa shape index (κ2) is 7.81. The van der Waals surface area contributed by atoms with Crippen LogP contribution in [-0.4, -0.2) is 43.9 Å². The maximum atomic E-state index is 12.5. The number of nitrogens with zero attached hydrogens (tertiary/aromatic N) is 5. The molecule has 154 valence electrons. The minimum Gasteiger partial charge on any atom is -0.345 e. The molecule has 0 bridgehead atoms. The van der Waals surface area contributed by atoms with Crippen molar-refractivity contribution in [3.8, 4) is 0 Å². The third-order valence-electron chi connectivity index (χ3n) is 4.85. The molecular weight excluding hydrogens is 381 g/mol. The fraction of sp³-hybridized carbons (Fsp3) is 0.400. The average molecular weight is 404 g/mol. The van der Waals surface area contributed by atoms with Gasteiger partial charge in [0.25, 0.3) is 0 Å². The lowest BCUT2D eigenvalue weighted by molar-refractivity contribution is -0.127. The molecule has 1 aromatic heterocycles. The van der Waals surface area contributed by atoms with E-state index in [1.165, 1.54) is 0 Å². The largest absolute Gasteiger partial charge is 0.394 e. The van der Waals surface area contributed by atoms with Crippen LogP contribution in [0.25, 0.3) is 0 Å². The fourth-order valence-corrected chi connectivity index (χ4v) is 3.39. The van der Waals surface area contributed by atoms with Crippen molar-refractivity contribution >= 4 is 11.5 Å². The van der Waals surface area contributed by atoms with Crippen molar-refractivity contribution in [2.75, 3.05) is 6.54 Å². The lowest BCUT2D eigenvalue weighted by atomic mass is 10.1. The number of halogens is 3. The molecule has 29 heavy (non-hydrogen) atoms. The van der Waals surface area contributed by atoms with Gasteiger partial charge in [-0.1, -0.05) is 36.4 Å². The quantitative estimate of drug-likeness (QED) is 0.611. The molecule has 1 N–H and O–H groups in total. The Kier molecular flexibility index (Phi) is 5.59. The number of benzene rings is 1. The van der Waals surface area contributed by atoms with Crippen molar-refractivity contribution in [3.63, 3.8) is 0 Å². The van der Waals surface area contributed by atoms with Gasteiger partial charge in [0, 0.05) is 24.4 Å². The van der Waals surface area contributed by atoms with Crippen molar-refractivity contribution in [2.24, 2.45) is 4.99 Å². The number of hydrogen-bond donors (Lipinski definition) is 1. The molecule has 2 aromatic rings. The standard InChI is InChI=1S/C20H23F3N6/c1-12-5-7-16(8-6-12)17(24)28-9-10-29-18(26-27-19(29)15(28)4)14(3)25-13(2)11-20(21,22)23/h5-8,15,24H,2,9-11H2,1,3-4H3/b24-17?,25-14+/t15-/m1/s1. The van der Waals surface area contributed by atoms with E-state index < -0.39 is 12.6 Å². The maximum Gasteiger partial charge on any atom is 0.394 e. The second-order valence-electron chi connectivity index (χ2n) is 7.17. The van der Waals surface area contributed by atoms with Gasteiger partial charge in [0.15, 0.2) is 11.6 Å². The van der Waals surface area contributed by atoms with E-state index in [1.807, 2.05) is 47.6 Å². The maximum absolute atomic E-state index is 12.5. The first-order valence-corrected chi connectivity index (χ1v) is 9.22. The average Bonchev–Trinajstić information content (AvgIpc) is 3.05. The zero-order chi connectivity index (χ0) is 21.3. The Morgan fingerprint density at radius 2 is 1.90 bits per heavy atom. The Hall–Kier alpha value is -2.97. The smallest absolute Gasteiger partial charge is 0.345 e. The predicted molar refractivity (Wildman–Crippen MR) is 105 cm³/mol. The zero-order valence-corrected chi connectivity index (χ0v) is 16.6. The second-order valence-corrected chi connectivity index (χ2v) is 7.17. The summed E-state index contributed by atoms with van der Waals surface area (Å²) in [7, 11) is 0. The highest BCUT2D eigenvalue weighted by Crippen LogP contribution is 2.27. The van der Waals surface area contributed by atoms with Gasteiger partial charge >= 0.3 is 6.18 Å². The molecule has 0 unspecified atom stereocenters. The van der Waals surface area contributed by atoms with Crippen LogP contribution in [0.4, 0.5) is 13.2 Å². The normalized spacial score (nSPS) is 17.2. The summed E-state index contributed by atoms with van der Waals surface area (Å²) in [6, 6.07) is 7.56. The molecule has 0 radical (unpaired) electrons. The summed E-state index contributed by atoms with van der Waals surface area (Å²) in [5.41, 5.74) is 2.02. The highest BCUT2D eigenvalue weighted by atomic mass is 19.4. The van der Waals surface area contributed by atoms with E-state index in [-0.39, 0.29) is 11.7 Å². The Morgan fingerprint density at radius 3 is 2.52 bits per heavy atom. The molecule has 2 heterocycles. The topological polar surface area (TPSA) is 70.2 Å². The lowest BCUT2D eigenvalue weighted by Gasteiger charge is -2.35. The van der Waals surface area contributed by atoms with Crippen LogP contribution < -0.4 is 0 Å². The Morgan fingerprint density at radius 1 is 1.24 bits per heavy atom. The molecule has 0 spiro atoms. The monoisotopic (exact) mass is 404 g/mol. The number of aryl methyl sites for hydroxylation is 1. The molecule has 1 atom stereocenters. The van der Waals surface area contributed by atoms with Gasteiger partial charge in [0.2, 0.25) is 0 Å². The van der Waals surface area contributed by atoms with Crippen molar-refractivity contribution in [1.82, 2.24) is 19.7 Å². The van der Waals surface area contributed by atoms with Gasteiger partial charge in [-0.2, -0.15) is 13.2 Å². The molecule has 9 heteroatoms. The van der Waals surface area contributed by atoms with Crippen LogP contribution in [0.3, 0.4) is 0 Å². The summed E-state index contributed by atoms with van der Waals surface area (Å²) in [5.74, 6) is 1.48. The van der Waals surface area contributed by atoms with E-state index in [2.05, 4.69) is 21.8 Å². The van der Waals surface area contributed by atoms with Crippen LogP contribution in [-0.2, 0) is 6.54 Å². The van der Waals surface area contributed by atoms with Crippen LogP contribution in [0.1, 0.15) is 49.1 Å². The van der Waals surface area contributed by atoms with Crippen LogP contribution in [0.5, 0.6) is 0 Å². The van der Waals surface area contributed by atoms with Gasteiger partial charge in [-0.3, -0.25) is 10.4 Å². The molecule has 0 saturated carbocycles.